The number of cyclic esters (lactones) is 1. The van der Waals surface area contributed by atoms with Gasteiger partial charge in [0.25, 0.3) is 0 Å². The third kappa shape index (κ3) is 16.9. The lowest BCUT2D eigenvalue weighted by Crippen LogP contribution is -2.31. The molecular formula is C36H62O7. The van der Waals surface area contributed by atoms with E-state index in [1.54, 1.807) is 0 Å². The van der Waals surface area contributed by atoms with Gasteiger partial charge in [0.05, 0.1) is 30.3 Å². The fraction of sp³-hybridized carbons (Fsp3) is 0.861. The van der Waals surface area contributed by atoms with E-state index in [1.807, 2.05) is 0 Å². The van der Waals surface area contributed by atoms with E-state index in [2.05, 4.69) is 19.1 Å². The van der Waals surface area contributed by atoms with Crippen molar-refractivity contribution in [3.63, 3.8) is 0 Å². The zero-order chi connectivity index (χ0) is 31.3. The third-order valence-electron chi connectivity index (χ3n) is 9.10. The highest BCUT2D eigenvalue weighted by Gasteiger charge is 2.35. The maximum absolute atomic E-state index is 12.2. The van der Waals surface area contributed by atoms with Crippen molar-refractivity contribution in [1.29, 1.82) is 0 Å². The lowest BCUT2D eigenvalue weighted by atomic mass is 9.96. The maximum atomic E-state index is 12.2. The summed E-state index contributed by atoms with van der Waals surface area (Å²) in [5.74, 6) is -0.272. The first-order valence-corrected chi connectivity index (χ1v) is 17.7. The molecule has 2 fully saturated rings. The van der Waals surface area contributed by atoms with Crippen LogP contribution in [0.5, 0.6) is 0 Å². The molecule has 0 saturated carbocycles. The maximum Gasteiger partial charge on any atom is 0.309 e. The Balaban J connectivity index is 1.43. The van der Waals surface area contributed by atoms with Crippen LogP contribution in [0.2, 0.25) is 0 Å². The van der Waals surface area contributed by atoms with Crippen LogP contribution >= 0.6 is 0 Å². The Morgan fingerprint density at radius 2 is 1.42 bits per heavy atom. The molecule has 7 heteroatoms. The lowest BCUT2D eigenvalue weighted by molar-refractivity contribution is -0.145. The van der Waals surface area contributed by atoms with E-state index >= 15 is 0 Å². The number of Topliss-reactive ketones (excluding diaryl/α,β-unsaturated/α-hetero) is 2. The number of aliphatic hydroxyl groups excluding tert-OH is 2. The van der Waals surface area contributed by atoms with Crippen LogP contribution in [0.4, 0.5) is 0 Å². The Labute approximate surface area is 261 Å². The van der Waals surface area contributed by atoms with Crippen LogP contribution in [0.25, 0.3) is 0 Å². The minimum absolute atomic E-state index is 0.0151. The van der Waals surface area contributed by atoms with Gasteiger partial charge in [-0.3, -0.25) is 9.59 Å². The number of carbonyl (C=O) groups is 3. The van der Waals surface area contributed by atoms with Gasteiger partial charge >= 0.3 is 5.97 Å². The Hall–Kier alpha value is -1.57. The molecule has 2 heterocycles. The van der Waals surface area contributed by atoms with Crippen molar-refractivity contribution in [3.05, 3.63) is 12.2 Å². The molecule has 2 aliphatic heterocycles. The molecule has 0 unspecified atom stereocenters. The molecule has 248 valence electrons. The number of aliphatic hydroxyl groups is 2. The van der Waals surface area contributed by atoms with Crippen LogP contribution in [0.1, 0.15) is 162 Å². The second-order valence-corrected chi connectivity index (χ2v) is 13.2. The van der Waals surface area contributed by atoms with Gasteiger partial charge in [0.1, 0.15) is 17.7 Å². The Bertz CT molecular complexity index is 809. The van der Waals surface area contributed by atoms with Gasteiger partial charge in [-0.15, -0.1) is 0 Å². The molecule has 0 aliphatic carbocycles. The van der Waals surface area contributed by atoms with Crippen LogP contribution in [0, 0.1) is 5.92 Å². The van der Waals surface area contributed by atoms with Gasteiger partial charge in [0, 0.05) is 19.3 Å². The molecule has 0 spiro atoms. The predicted octanol–water partition coefficient (Wildman–Crippen LogP) is 7.72. The largest absolute Gasteiger partial charge is 0.462 e. The molecule has 43 heavy (non-hydrogen) atoms. The Morgan fingerprint density at radius 3 is 2.12 bits per heavy atom. The second kappa shape index (κ2) is 22.9. The van der Waals surface area contributed by atoms with Gasteiger partial charge in [-0.25, -0.2) is 0 Å². The van der Waals surface area contributed by atoms with Crippen molar-refractivity contribution >= 4 is 17.5 Å². The predicted molar refractivity (Wildman–Crippen MR) is 171 cm³/mol. The molecule has 2 saturated heterocycles. The van der Waals surface area contributed by atoms with Crippen molar-refractivity contribution < 1.29 is 34.1 Å². The summed E-state index contributed by atoms with van der Waals surface area (Å²) in [6, 6.07) is 0. The molecule has 0 amide bonds. The monoisotopic (exact) mass is 606 g/mol. The number of carbonyl (C=O) groups excluding carboxylic acids is 3. The molecule has 0 aromatic rings. The van der Waals surface area contributed by atoms with Crippen molar-refractivity contribution in [2.45, 2.75) is 192 Å². The highest BCUT2D eigenvalue weighted by atomic mass is 16.6. The molecule has 6 atom stereocenters. The normalized spacial score (nSPS) is 23.6. The van der Waals surface area contributed by atoms with Crippen LogP contribution in [-0.2, 0) is 23.9 Å². The number of rotatable bonds is 26. The average Bonchev–Trinajstić information content (AvgIpc) is 3.60. The summed E-state index contributed by atoms with van der Waals surface area (Å²) >= 11 is 0. The Kier molecular flexibility index (Phi) is 20.0. The summed E-state index contributed by atoms with van der Waals surface area (Å²) in [7, 11) is 0. The van der Waals surface area contributed by atoms with Gasteiger partial charge in [0.15, 0.2) is 0 Å². The van der Waals surface area contributed by atoms with E-state index in [0.29, 0.717) is 32.1 Å². The highest BCUT2D eigenvalue weighted by Crippen LogP contribution is 2.29. The number of esters is 1. The molecule has 0 bridgehead atoms. The molecule has 0 aromatic heterocycles. The fourth-order valence-corrected chi connectivity index (χ4v) is 6.43. The first kappa shape index (κ1) is 37.6. The minimum atomic E-state index is -0.519. The van der Waals surface area contributed by atoms with Gasteiger partial charge in [0.2, 0.25) is 0 Å². The van der Waals surface area contributed by atoms with Crippen LogP contribution in [0.15, 0.2) is 12.2 Å². The zero-order valence-corrected chi connectivity index (χ0v) is 27.3. The second-order valence-electron chi connectivity index (χ2n) is 13.2. The highest BCUT2D eigenvalue weighted by molar-refractivity contribution is 5.83. The van der Waals surface area contributed by atoms with Crippen LogP contribution in [-0.4, -0.2) is 58.3 Å². The van der Waals surface area contributed by atoms with E-state index in [0.717, 1.165) is 64.2 Å². The minimum Gasteiger partial charge on any atom is -0.462 e. The molecule has 2 rings (SSSR count). The summed E-state index contributed by atoms with van der Waals surface area (Å²) < 4.78 is 11.4. The molecule has 0 aromatic carbocycles. The number of ether oxygens (including phenoxy) is 2. The van der Waals surface area contributed by atoms with Crippen molar-refractivity contribution in [2.75, 3.05) is 0 Å². The van der Waals surface area contributed by atoms with E-state index in [9.17, 15) is 24.6 Å². The van der Waals surface area contributed by atoms with Crippen molar-refractivity contribution in [3.8, 4) is 0 Å². The topological polar surface area (TPSA) is 110 Å². The molecule has 2 aliphatic rings. The first-order valence-electron chi connectivity index (χ1n) is 17.7. The van der Waals surface area contributed by atoms with E-state index in [4.69, 9.17) is 9.47 Å². The van der Waals surface area contributed by atoms with Crippen molar-refractivity contribution in [1.82, 2.24) is 0 Å². The zero-order valence-electron chi connectivity index (χ0n) is 27.3. The summed E-state index contributed by atoms with van der Waals surface area (Å²) in [6.07, 6.45) is 24.1. The smallest absolute Gasteiger partial charge is 0.309 e. The SMILES string of the molecule is CCCCCCCCC/C=C\CC[C@@H](O)[C@H]1CC[C@H]([C@H](O)CCCCCC(=O)CCCC[C@@H]2C[C@@H](CC(C)=O)C(=O)O2)O1. The van der Waals surface area contributed by atoms with E-state index in [1.165, 1.54) is 51.9 Å². The van der Waals surface area contributed by atoms with Gasteiger partial charge in [-0.2, -0.15) is 0 Å². The van der Waals surface area contributed by atoms with Crippen molar-refractivity contribution in [2.24, 2.45) is 5.92 Å². The lowest BCUT2D eigenvalue weighted by Gasteiger charge is -2.22. The summed E-state index contributed by atoms with van der Waals surface area (Å²) in [4.78, 5) is 35.3. The number of unbranched alkanes of at least 4 members (excludes halogenated alkanes) is 10. The number of ketones is 2. The molecule has 7 nitrogen and oxygen atoms in total. The standard InChI is InChI=1S/C36H62O7/c1-3-4-5-6-7-8-9-10-11-12-15-22-32(39)34-24-25-35(43-34)33(40)23-16-13-14-19-30(38)20-17-18-21-31-27-29(26-28(2)37)36(41)42-31/h11-12,29,31-35,39-40H,3-10,13-27H2,1-2H3/b12-11-/t29-,31-,32-,33-,34-,35-/m1/s1. The molecule has 0 radical (unpaired) electrons. The number of hydrogen-bond acceptors (Lipinski definition) is 7. The summed E-state index contributed by atoms with van der Waals surface area (Å²) in [5, 5.41) is 21.2. The van der Waals surface area contributed by atoms with Crippen LogP contribution < -0.4 is 0 Å². The Morgan fingerprint density at radius 1 is 0.814 bits per heavy atom. The molecule has 2 N–H and O–H groups in total. The van der Waals surface area contributed by atoms with Gasteiger partial charge in [-0.1, -0.05) is 70.4 Å². The third-order valence-corrected chi connectivity index (χ3v) is 9.10. The van der Waals surface area contributed by atoms with E-state index in [-0.39, 0.29) is 48.2 Å². The van der Waals surface area contributed by atoms with Gasteiger partial charge in [-0.05, 0) is 84.0 Å². The number of allylic oxidation sites excluding steroid dienone is 2. The summed E-state index contributed by atoms with van der Waals surface area (Å²) in [5.41, 5.74) is 0. The van der Waals surface area contributed by atoms with Crippen LogP contribution in [0.3, 0.4) is 0 Å². The fourth-order valence-electron chi connectivity index (χ4n) is 6.43. The molecular weight excluding hydrogens is 544 g/mol. The van der Waals surface area contributed by atoms with E-state index < -0.39 is 12.2 Å². The quantitative estimate of drug-likeness (QED) is 0.0589. The first-order chi connectivity index (χ1) is 20.8. The summed E-state index contributed by atoms with van der Waals surface area (Å²) in [6.45, 7) is 3.75. The van der Waals surface area contributed by atoms with Gasteiger partial charge < -0.3 is 24.5 Å². The average molecular weight is 607 g/mol. The number of hydrogen-bond donors (Lipinski definition) is 2.